The number of hydrogen-bond donors (Lipinski definition) is 1. The van der Waals surface area contributed by atoms with E-state index in [4.69, 9.17) is 0 Å². The van der Waals surface area contributed by atoms with E-state index in [-0.39, 0.29) is 11.8 Å². The van der Waals surface area contributed by atoms with Crippen LogP contribution >= 0.6 is 15.9 Å². The zero-order valence-corrected chi connectivity index (χ0v) is 15.6. The quantitative estimate of drug-likeness (QED) is 0.822. The molecule has 2 aromatic rings. The van der Waals surface area contributed by atoms with Gasteiger partial charge in [-0.2, -0.15) is 0 Å². The molecular weight excluding hydrogens is 390 g/mol. The molecule has 1 aliphatic heterocycles. The molecule has 5 nitrogen and oxygen atoms in total. The lowest BCUT2D eigenvalue weighted by Gasteiger charge is -2.31. The summed E-state index contributed by atoms with van der Waals surface area (Å²) in [5, 5.41) is 3.38. The van der Waals surface area contributed by atoms with Crippen molar-refractivity contribution in [1.82, 2.24) is 9.29 Å². The molecule has 2 heterocycles. The van der Waals surface area contributed by atoms with Crippen molar-refractivity contribution >= 4 is 31.8 Å². The van der Waals surface area contributed by atoms with Crippen LogP contribution in [0.5, 0.6) is 0 Å². The standard InChI is InChI=1S/C17H20BrN3O2S/c18-15-6-7-17(19-12-15)20-16-8-10-21(11-9-16)24(22,23)13-14-4-2-1-3-5-14/h1-7,12,16H,8-11,13H2,(H,19,20). The van der Waals surface area contributed by atoms with E-state index in [0.717, 1.165) is 28.7 Å². The van der Waals surface area contributed by atoms with E-state index in [2.05, 4.69) is 26.2 Å². The van der Waals surface area contributed by atoms with Crippen molar-refractivity contribution in [2.75, 3.05) is 18.4 Å². The molecule has 0 amide bonds. The molecule has 1 saturated heterocycles. The SMILES string of the molecule is O=S(=O)(Cc1ccccc1)N1CCC(Nc2ccc(Br)cn2)CC1. The normalized spacial score (nSPS) is 16.9. The van der Waals surface area contributed by atoms with E-state index in [1.54, 1.807) is 10.5 Å². The number of hydrogen-bond acceptors (Lipinski definition) is 4. The lowest BCUT2D eigenvalue weighted by atomic mass is 10.1. The van der Waals surface area contributed by atoms with Gasteiger partial charge in [0.05, 0.1) is 5.75 Å². The Morgan fingerprint density at radius 1 is 1.12 bits per heavy atom. The second-order valence-electron chi connectivity index (χ2n) is 5.92. The van der Waals surface area contributed by atoms with E-state index in [1.165, 1.54) is 0 Å². The third kappa shape index (κ3) is 4.55. The summed E-state index contributed by atoms with van der Waals surface area (Å²) in [7, 11) is -3.25. The second kappa shape index (κ2) is 7.63. The highest BCUT2D eigenvalue weighted by Crippen LogP contribution is 2.20. The Hall–Kier alpha value is -1.44. The smallest absolute Gasteiger partial charge is 0.218 e. The molecule has 1 aromatic carbocycles. The van der Waals surface area contributed by atoms with Gasteiger partial charge in [-0.05, 0) is 46.5 Å². The molecule has 0 spiro atoms. The molecule has 7 heteroatoms. The molecule has 0 saturated carbocycles. The molecule has 3 rings (SSSR count). The highest BCUT2D eigenvalue weighted by Gasteiger charge is 2.28. The van der Waals surface area contributed by atoms with Gasteiger partial charge in [0.1, 0.15) is 5.82 Å². The van der Waals surface area contributed by atoms with Gasteiger partial charge in [0.15, 0.2) is 0 Å². The number of nitrogens with zero attached hydrogens (tertiary/aromatic N) is 2. The summed E-state index contributed by atoms with van der Waals surface area (Å²) in [4.78, 5) is 4.31. The Bertz CT molecular complexity index is 758. The lowest BCUT2D eigenvalue weighted by Crippen LogP contribution is -2.42. The van der Waals surface area contributed by atoms with Gasteiger partial charge in [0.2, 0.25) is 10.0 Å². The van der Waals surface area contributed by atoms with E-state index in [0.29, 0.717) is 13.1 Å². The van der Waals surface area contributed by atoms with E-state index >= 15 is 0 Å². The monoisotopic (exact) mass is 409 g/mol. The number of sulfonamides is 1. The maximum absolute atomic E-state index is 12.5. The van der Waals surface area contributed by atoms with Crippen LogP contribution in [0.15, 0.2) is 53.1 Å². The minimum absolute atomic E-state index is 0.0696. The summed E-state index contributed by atoms with van der Waals surface area (Å²) in [5.41, 5.74) is 0.830. The summed E-state index contributed by atoms with van der Waals surface area (Å²) in [6.45, 7) is 1.09. The molecule has 0 atom stereocenters. The molecule has 24 heavy (non-hydrogen) atoms. The molecule has 1 fully saturated rings. The van der Waals surface area contributed by atoms with Gasteiger partial charge < -0.3 is 5.32 Å². The van der Waals surface area contributed by atoms with Crippen LogP contribution in [0.1, 0.15) is 18.4 Å². The molecular formula is C17H20BrN3O2S. The fourth-order valence-corrected chi connectivity index (χ4v) is 4.62. The first kappa shape index (κ1) is 17.4. The van der Waals surface area contributed by atoms with Gasteiger partial charge in [0.25, 0.3) is 0 Å². The first-order valence-electron chi connectivity index (χ1n) is 7.93. The predicted molar refractivity (Wildman–Crippen MR) is 99.2 cm³/mol. The highest BCUT2D eigenvalue weighted by atomic mass is 79.9. The average Bonchev–Trinajstić information content (AvgIpc) is 2.58. The Morgan fingerprint density at radius 3 is 2.46 bits per heavy atom. The maximum Gasteiger partial charge on any atom is 0.218 e. The zero-order valence-electron chi connectivity index (χ0n) is 13.2. The molecule has 128 valence electrons. The van der Waals surface area contributed by atoms with Crippen LogP contribution in [0.3, 0.4) is 0 Å². The minimum Gasteiger partial charge on any atom is -0.367 e. The summed E-state index contributed by atoms with van der Waals surface area (Å²) in [6, 6.07) is 13.4. The molecule has 1 aliphatic rings. The molecule has 0 aliphatic carbocycles. The van der Waals surface area contributed by atoms with Crippen molar-refractivity contribution in [2.45, 2.75) is 24.6 Å². The third-order valence-electron chi connectivity index (χ3n) is 4.12. The van der Waals surface area contributed by atoms with Gasteiger partial charge in [-0.1, -0.05) is 30.3 Å². The summed E-state index contributed by atoms with van der Waals surface area (Å²) < 4.78 is 27.6. The number of piperidine rings is 1. The molecule has 0 radical (unpaired) electrons. The number of halogens is 1. The van der Waals surface area contributed by atoms with Gasteiger partial charge in [0, 0.05) is 29.8 Å². The number of benzene rings is 1. The Morgan fingerprint density at radius 2 is 1.83 bits per heavy atom. The van der Waals surface area contributed by atoms with Crippen LogP contribution in [0.25, 0.3) is 0 Å². The Labute approximate surface area is 151 Å². The summed E-state index contributed by atoms with van der Waals surface area (Å²) in [5.74, 6) is 0.893. The molecule has 1 N–H and O–H groups in total. The zero-order chi connectivity index (χ0) is 17.0. The van der Waals surface area contributed by atoms with Crippen LogP contribution in [-0.4, -0.2) is 36.8 Å². The molecule has 1 aromatic heterocycles. The Balaban J connectivity index is 1.55. The fourth-order valence-electron chi connectivity index (χ4n) is 2.82. The van der Waals surface area contributed by atoms with Crippen LogP contribution in [0, 0.1) is 0 Å². The summed E-state index contributed by atoms with van der Waals surface area (Å²) in [6.07, 6.45) is 3.32. The van der Waals surface area contributed by atoms with E-state index in [1.807, 2.05) is 42.5 Å². The van der Waals surface area contributed by atoms with Crippen LogP contribution in [0.2, 0.25) is 0 Å². The lowest BCUT2D eigenvalue weighted by molar-refractivity contribution is 0.329. The van der Waals surface area contributed by atoms with Crippen molar-refractivity contribution in [2.24, 2.45) is 0 Å². The van der Waals surface area contributed by atoms with E-state index in [9.17, 15) is 8.42 Å². The topological polar surface area (TPSA) is 62.3 Å². The van der Waals surface area contributed by atoms with Crippen molar-refractivity contribution in [3.05, 3.63) is 58.7 Å². The van der Waals surface area contributed by atoms with Crippen molar-refractivity contribution in [3.63, 3.8) is 0 Å². The number of nitrogens with one attached hydrogen (secondary N) is 1. The predicted octanol–water partition coefficient (Wildman–Crippen LogP) is 3.25. The third-order valence-corrected chi connectivity index (χ3v) is 6.44. The van der Waals surface area contributed by atoms with Gasteiger partial charge in [-0.3, -0.25) is 0 Å². The number of aromatic nitrogens is 1. The van der Waals surface area contributed by atoms with Crippen molar-refractivity contribution in [3.8, 4) is 0 Å². The first-order chi connectivity index (χ1) is 11.5. The average molecular weight is 410 g/mol. The van der Waals surface area contributed by atoms with Crippen LogP contribution in [0.4, 0.5) is 5.82 Å². The Kier molecular flexibility index (Phi) is 5.53. The largest absolute Gasteiger partial charge is 0.367 e. The van der Waals surface area contributed by atoms with Gasteiger partial charge in [-0.15, -0.1) is 0 Å². The molecule has 0 bridgehead atoms. The van der Waals surface area contributed by atoms with Crippen molar-refractivity contribution < 1.29 is 8.42 Å². The van der Waals surface area contributed by atoms with Gasteiger partial charge in [-0.25, -0.2) is 17.7 Å². The first-order valence-corrected chi connectivity index (χ1v) is 10.3. The van der Waals surface area contributed by atoms with Crippen LogP contribution in [-0.2, 0) is 15.8 Å². The number of rotatable bonds is 5. The number of anilines is 1. The fraction of sp³-hybridized carbons (Fsp3) is 0.353. The number of pyridine rings is 1. The second-order valence-corrected chi connectivity index (χ2v) is 8.81. The van der Waals surface area contributed by atoms with Crippen LogP contribution < -0.4 is 5.32 Å². The van der Waals surface area contributed by atoms with E-state index < -0.39 is 10.0 Å². The summed E-state index contributed by atoms with van der Waals surface area (Å²) >= 11 is 3.36. The maximum atomic E-state index is 12.5. The van der Waals surface area contributed by atoms with Crippen molar-refractivity contribution in [1.29, 1.82) is 0 Å². The van der Waals surface area contributed by atoms with Gasteiger partial charge >= 0.3 is 0 Å². The minimum atomic E-state index is -3.25. The molecule has 0 unspecified atom stereocenters. The highest BCUT2D eigenvalue weighted by molar-refractivity contribution is 9.10.